The van der Waals surface area contributed by atoms with E-state index in [4.69, 9.17) is 11.6 Å². The van der Waals surface area contributed by atoms with Crippen molar-refractivity contribution in [3.8, 4) is 0 Å². The minimum atomic E-state index is 0.0723. The van der Waals surface area contributed by atoms with Gasteiger partial charge in [0.25, 0.3) is 0 Å². The van der Waals surface area contributed by atoms with E-state index < -0.39 is 0 Å². The van der Waals surface area contributed by atoms with Crippen LogP contribution in [0.15, 0.2) is 36.4 Å². The molecule has 5 heteroatoms. The zero-order chi connectivity index (χ0) is 16.7. The van der Waals surface area contributed by atoms with Crippen LogP contribution in [0.3, 0.4) is 0 Å². The van der Waals surface area contributed by atoms with Gasteiger partial charge in [-0.25, -0.2) is 0 Å². The summed E-state index contributed by atoms with van der Waals surface area (Å²) in [6.07, 6.45) is 0.866. The maximum absolute atomic E-state index is 12.1. The fourth-order valence-corrected chi connectivity index (χ4v) is 3.55. The second-order valence-corrected chi connectivity index (χ2v) is 7.34. The number of benzene rings is 1. The van der Waals surface area contributed by atoms with E-state index in [0.717, 1.165) is 23.8 Å². The van der Waals surface area contributed by atoms with E-state index in [1.807, 2.05) is 24.3 Å². The Hall–Kier alpha value is -1.36. The number of carbonyl (C=O) groups is 1. The van der Waals surface area contributed by atoms with Crippen molar-refractivity contribution in [3.05, 3.63) is 56.7 Å². The van der Waals surface area contributed by atoms with E-state index in [0.29, 0.717) is 13.1 Å². The number of carbonyl (C=O) groups excluding carboxylic acids is 1. The molecule has 1 amide bonds. The fourth-order valence-electron chi connectivity index (χ4n) is 2.42. The molecule has 0 unspecified atom stereocenters. The molecule has 2 rings (SSSR count). The smallest absolute Gasteiger partial charge is 0.234 e. The Labute approximate surface area is 147 Å². The number of thiophene rings is 1. The fraction of sp³-hybridized carbons (Fsp3) is 0.389. The molecule has 0 fully saturated rings. The van der Waals surface area contributed by atoms with Crippen molar-refractivity contribution in [2.24, 2.45) is 0 Å². The van der Waals surface area contributed by atoms with Crippen molar-refractivity contribution in [2.45, 2.75) is 26.8 Å². The highest BCUT2D eigenvalue weighted by atomic mass is 35.5. The normalized spacial score (nSPS) is 11.0. The van der Waals surface area contributed by atoms with Crippen LogP contribution in [-0.4, -0.2) is 30.4 Å². The number of nitrogens with one attached hydrogen (secondary N) is 1. The first-order valence-corrected chi connectivity index (χ1v) is 9.05. The molecule has 0 spiro atoms. The van der Waals surface area contributed by atoms with Gasteiger partial charge in [-0.2, -0.15) is 0 Å². The van der Waals surface area contributed by atoms with E-state index in [2.05, 4.69) is 36.2 Å². The topological polar surface area (TPSA) is 32.3 Å². The lowest BCUT2D eigenvalue weighted by atomic mass is 10.1. The maximum Gasteiger partial charge on any atom is 0.234 e. The molecule has 1 aromatic carbocycles. The maximum atomic E-state index is 12.1. The second-order valence-electron chi connectivity index (χ2n) is 5.54. The molecule has 0 bridgehead atoms. The summed E-state index contributed by atoms with van der Waals surface area (Å²) < 4.78 is 0.790. The van der Waals surface area contributed by atoms with Crippen molar-refractivity contribution >= 4 is 28.8 Å². The van der Waals surface area contributed by atoms with Gasteiger partial charge in [-0.15, -0.1) is 11.3 Å². The van der Waals surface area contributed by atoms with Crippen LogP contribution in [0.25, 0.3) is 0 Å². The predicted molar refractivity (Wildman–Crippen MR) is 98.2 cm³/mol. The number of rotatable bonds is 8. The van der Waals surface area contributed by atoms with Crippen LogP contribution in [0.4, 0.5) is 0 Å². The number of halogens is 1. The van der Waals surface area contributed by atoms with Crippen LogP contribution < -0.4 is 5.32 Å². The minimum Gasteiger partial charge on any atom is -0.355 e. The molecule has 0 saturated carbocycles. The quantitative estimate of drug-likeness (QED) is 0.783. The van der Waals surface area contributed by atoms with Gasteiger partial charge >= 0.3 is 0 Å². The number of hydrogen-bond acceptors (Lipinski definition) is 3. The lowest BCUT2D eigenvalue weighted by Gasteiger charge is -2.19. The number of amides is 1. The summed E-state index contributed by atoms with van der Waals surface area (Å²) in [6.45, 7) is 6.85. The molecule has 3 nitrogen and oxygen atoms in total. The Kier molecular flexibility index (Phi) is 7.09. The molecule has 1 heterocycles. The standard InChI is InChI=1S/C18H23ClN2OS/c1-3-21(12-16-8-9-17(19)23-16)13-18(22)20-11-10-15-7-5-4-6-14(15)2/h4-9H,3,10-13H2,1-2H3,(H,20,22). The molecule has 0 saturated heterocycles. The molecular formula is C18H23ClN2OS. The third-order valence-corrected chi connectivity index (χ3v) is 5.02. The summed E-state index contributed by atoms with van der Waals surface area (Å²) in [7, 11) is 0. The zero-order valence-corrected chi connectivity index (χ0v) is 15.2. The lowest BCUT2D eigenvalue weighted by Crippen LogP contribution is -2.37. The average molecular weight is 351 g/mol. The molecule has 124 valence electrons. The van der Waals surface area contributed by atoms with Crippen LogP contribution in [0.5, 0.6) is 0 Å². The van der Waals surface area contributed by atoms with Crippen LogP contribution >= 0.6 is 22.9 Å². The predicted octanol–water partition coefficient (Wildman–Crippen LogP) is 3.89. The molecule has 0 aliphatic heterocycles. The van der Waals surface area contributed by atoms with Crippen molar-refractivity contribution in [3.63, 3.8) is 0 Å². The SMILES string of the molecule is CCN(CC(=O)NCCc1ccccc1C)Cc1ccc(Cl)s1. The van der Waals surface area contributed by atoms with Crippen molar-refractivity contribution < 1.29 is 4.79 Å². The van der Waals surface area contributed by atoms with Gasteiger partial charge in [-0.05, 0) is 43.1 Å². The third-order valence-electron chi connectivity index (χ3n) is 3.80. The van der Waals surface area contributed by atoms with E-state index in [9.17, 15) is 4.79 Å². The van der Waals surface area contributed by atoms with Crippen LogP contribution in [0, 0.1) is 6.92 Å². The summed E-state index contributed by atoms with van der Waals surface area (Å²) in [4.78, 5) is 15.4. The van der Waals surface area contributed by atoms with Gasteiger partial charge in [0.2, 0.25) is 5.91 Å². The van der Waals surface area contributed by atoms with Crippen molar-refractivity contribution in [1.82, 2.24) is 10.2 Å². The largest absolute Gasteiger partial charge is 0.355 e. The summed E-state index contributed by atoms with van der Waals surface area (Å²) in [6, 6.07) is 12.2. The molecule has 1 aromatic heterocycles. The summed E-state index contributed by atoms with van der Waals surface area (Å²) in [5.74, 6) is 0.0723. The lowest BCUT2D eigenvalue weighted by molar-refractivity contribution is -0.122. The zero-order valence-electron chi connectivity index (χ0n) is 13.6. The first-order valence-electron chi connectivity index (χ1n) is 7.86. The van der Waals surface area contributed by atoms with Crippen molar-refractivity contribution in [1.29, 1.82) is 0 Å². The van der Waals surface area contributed by atoms with Gasteiger partial charge in [0.15, 0.2) is 0 Å². The Morgan fingerprint density at radius 1 is 1.26 bits per heavy atom. The van der Waals surface area contributed by atoms with E-state index in [1.54, 1.807) is 11.3 Å². The molecule has 23 heavy (non-hydrogen) atoms. The van der Waals surface area contributed by atoms with Gasteiger partial charge < -0.3 is 5.32 Å². The number of hydrogen-bond donors (Lipinski definition) is 1. The second kappa shape index (κ2) is 9.06. The number of nitrogens with zero attached hydrogens (tertiary/aromatic N) is 1. The van der Waals surface area contributed by atoms with Crippen LogP contribution in [0.2, 0.25) is 4.34 Å². The van der Waals surface area contributed by atoms with E-state index in [1.165, 1.54) is 16.0 Å². The Morgan fingerprint density at radius 3 is 2.70 bits per heavy atom. The first kappa shape index (κ1) is 18.0. The van der Waals surface area contributed by atoms with Gasteiger partial charge in [-0.3, -0.25) is 9.69 Å². The van der Waals surface area contributed by atoms with Crippen LogP contribution in [0.1, 0.15) is 22.9 Å². The Bertz CT molecular complexity index is 641. The van der Waals surface area contributed by atoms with Gasteiger partial charge in [0.1, 0.15) is 0 Å². The number of likely N-dealkylation sites (N-methyl/N-ethyl adjacent to an activating group) is 1. The molecule has 0 radical (unpaired) electrons. The van der Waals surface area contributed by atoms with Gasteiger partial charge in [-0.1, -0.05) is 42.8 Å². The van der Waals surface area contributed by atoms with Gasteiger partial charge in [0, 0.05) is 18.0 Å². The van der Waals surface area contributed by atoms with Crippen LogP contribution in [-0.2, 0) is 17.8 Å². The summed E-state index contributed by atoms with van der Waals surface area (Å²) in [5.41, 5.74) is 2.56. The highest BCUT2D eigenvalue weighted by molar-refractivity contribution is 7.16. The third kappa shape index (κ3) is 5.98. The highest BCUT2D eigenvalue weighted by Gasteiger charge is 2.10. The van der Waals surface area contributed by atoms with E-state index >= 15 is 0 Å². The monoisotopic (exact) mass is 350 g/mol. The Balaban J connectivity index is 1.75. The molecule has 0 aliphatic rings. The minimum absolute atomic E-state index is 0.0723. The first-order chi connectivity index (χ1) is 11.1. The number of aryl methyl sites for hydroxylation is 1. The van der Waals surface area contributed by atoms with E-state index in [-0.39, 0.29) is 5.91 Å². The summed E-state index contributed by atoms with van der Waals surface area (Å²) >= 11 is 7.52. The molecule has 2 aromatic rings. The molecular weight excluding hydrogens is 328 g/mol. The molecule has 1 N–H and O–H groups in total. The van der Waals surface area contributed by atoms with Crippen molar-refractivity contribution in [2.75, 3.05) is 19.6 Å². The Morgan fingerprint density at radius 2 is 2.04 bits per heavy atom. The van der Waals surface area contributed by atoms with Gasteiger partial charge in [0.05, 0.1) is 10.9 Å². The summed E-state index contributed by atoms with van der Waals surface area (Å²) in [5, 5.41) is 3.01. The average Bonchev–Trinajstić information content (AvgIpc) is 2.93. The highest BCUT2D eigenvalue weighted by Crippen LogP contribution is 2.22. The molecule has 0 atom stereocenters. The molecule has 0 aliphatic carbocycles.